The first-order valence-electron chi connectivity index (χ1n) is 6.81. The summed E-state index contributed by atoms with van der Waals surface area (Å²) < 4.78 is 10.5. The fourth-order valence-corrected chi connectivity index (χ4v) is 2.17. The normalized spacial score (nSPS) is 10.1. The highest BCUT2D eigenvalue weighted by molar-refractivity contribution is 5.96. The number of phenolic OH excluding ortho intramolecular Hbond substituents is 1. The standard InChI is InChI=1S/C17H19NO4/c1-18(17(20)14-6-4-5-7-15(14)19)11-12-8-9-13(21-2)10-16(12)22-3/h4-10,19H,11H2,1-3H3. The van der Waals surface area contributed by atoms with Gasteiger partial charge in [-0.05, 0) is 24.3 Å². The van der Waals surface area contributed by atoms with Gasteiger partial charge in [-0.1, -0.05) is 12.1 Å². The molecule has 5 heteroatoms. The lowest BCUT2D eigenvalue weighted by molar-refractivity contribution is 0.0781. The maximum absolute atomic E-state index is 12.4. The number of methoxy groups -OCH3 is 2. The van der Waals surface area contributed by atoms with Crippen LogP contribution in [-0.2, 0) is 6.54 Å². The first kappa shape index (κ1) is 15.7. The number of hydrogen-bond acceptors (Lipinski definition) is 4. The van der Waals surface area contributed by atoms with E-state index in [1.165, 1.54) is 11.0 Å². The summed E-state index contributed by atoms with van der Waals surface area (Å²) in [5.41, 5.74) is 1.13. The minimum atomic E-state index is -0.254. The molecule has 0 fully saturated rings. The van der Waals surface area contributed by atoms with E-state index >= 15 is 0 Å². The molecule has 22 heavy (non-hydrogen) atoms. The van der Waals surface area contributed by atoms with E-state index in [9.17, 15) is 9.90 Å². The number of amides is 1. The van der Waals surface area contributed by atoms with Gasteiger partial charge in [-0.25, -0.2) is 0 Å². The molecule has 5 nitrogen and oxygen atoms in total. The minimum Gasteiger partial charge on any atom is -0.507 e. The van der Waals surface area contributed by atoms with Gasteiger partial charge < -0.3 is 19.5 Å². The number of phenols is 1. The molecule has 2 aromatic carbocycles. The number of ether oxygens (including phenoxy) is 2. The van der Waals surface area contributed by atoms with Crippen LogP contribution in [0.1, 0.15) is 15.9 Å². The van der Waals surface area contributed by atoms with Gasteiger partial charge in [0, 0.05) is 25.2 Å². The number of carbonyl (C=O) groups excluding carboxylic acids is 1. The lowest BCUT2D eigenvalue weighted by atomic mass is 10.1. The van der Waals surface area contributed by atoms with Crippen molar-refractivity contribution in [2.24, 2.45) is 0 Å². The molecule has 0 unspecified atom stereocenters. The van der Waals surface area contributed by atoms with E-state index in [4.69, 9.17) is 9.47 Å². The van der Waals surface area contributed by atoms with Crippen LogP contribution in [0.4, 0.5) is 0 Å². The summed E-state index contributed by atoms with van der Waals surface area (Å²) in [6, 6.07) is 11.9. The molecule has 0 saturated carbocycles. The second kappa shape index (κ2) is 6.85. The zero-order valence-corrected chi connectivity index (χ0v) is 12.9. The zero-order valence-electron chi connectivity index (χ0n) is 12.9. The van der Waals surface area contributed by atoms with E-state index < -0.39 is 0 Å². The van der Waals surface area contributed by atoms with Crippen molar-refractivity contribution in [2.45, 2.75) is 6.54 Å². The Morgan fingerprint density at radius 1 is 1.14 bits per heavy atom. The number of benzene rings is 2. The Morgan fingerprint density at radius 3 is 2.50 bits per heavy atom. The lowest BCUT2D eigenvalue weighted by Crippen LogP contribution is -2.26. The van der Waals surface area contributed by atoms with Crippen LogP contribution in [0, 0.1) is 0 Å². The highest BCUT2D eigenvalue weighted by atomic mass is 16.5. The average Bonchev–Trinajstić information content (AvgIpc) is 2.55. The van der Waals surface area contributed by atoms with Crippen LogP contribution in [0.5, 0.6) is 17.2 Å². The molecule has 0 saturated heterocycles. The SMILES string of the molecule is COc1ccc(CN(C)C(=O)c2ccccc2O)c(OC)c1. The van der Waals surface area contributed by atoms with E-state index in [1.807, 2.05) is 12.1 Å². The molecule has 0 atom stereocenters. The van der Waals surface area contributed by atoms with Gasteiger partial charge in [0.1, 0.15) is 17.2 Å². The molecular formula is C17H19NO4. The number of para-hydroxylation sites is 1. The average molecular weight is 301 g/mol. The van der Waals surface area contributed by atoms with Crippen LogP contribution in [-0.4, -0.2) is 37.2 Å². The van der Waals surface area contributed by atoms with Crippen molar-refractivity contribution in [1.82, 2.24) is 4.90 Å². The first-order valence-corrected chi connectivity index (χ1v) is 6.81. The summed E-state index contributed by atoms with van der Waals surface area (Å²) >= 11 is 0. The maximum atomic E-state index is 12.4. The summed E-state index contributed by atoms with van der Waals surface area (Å²) in [7, 11) is 4.84. The van der Waals surface area contributed by atoms with Crippen molar-refractivity contribution < 1.29 is 19.4 Å². The van der Waals surface area contributed by atoms with Crippen molar-refractivity contribution in [3.8, 4) is 17.2 Å². The number of carbonyl (C=O) groups is 1. The van der Waals surface area contributed by atoms with E-state index in [-0.39, 0.29) is 17.2 Å². The molecule has 0 aliphatic carbocycles. The summed E-state index contributed by atoms with van der Waals surface area (Å²) in [4.78, 5) is 13.9. The van der Waals surface area contributed by atoms with Crippen LogP contribution in [0.25, 0.3) is 0 Å². The van der Waals surface area contributed by atoms with Crippen LogP contribution >= 0.6 is 0 Å². The molecule has 116 valence electrons. The Morgan fingerprint density at radius 2 is 1.86 bits per heavy atom. The largest absolute Gasteiger partial charge is 0.507 e. The van der Waals surface area contributed by atoms with E-state index in [2.05, 4.69) is 0 Å². The van der Waals surface area contributed by atoms with Crippen molar-refractivity contribution >= 4 is 5.91 Å². The van der Waals surface area contributed by atoms with Crippen molar-refractivity contribution in [2.75, 3.05) is 21.3 Å². The third kappa shape index (κ3) is 3.31. The lowest BCUT2D eigenvalue weighted by Gasteiger charge is -2.19. The van der Waals surface area contributed by atoms with Gasteiger partial charge in [-0.15, -0.1) is 0 Å². The monoisotopic (exact) mass is 301 g/mol. The van der Waals surface area contributed by atoms with Gasteiger partial charge >= 0.3 is 0 Å². The summed E-state index contributed by atoms with van der Waals surface area (Å²) in [6.45, 7) is 0.361. The van der Waals surface area contributed by atoms with E-state index in [0.29, 0.717) is 18.0 Å². The molecule has 0 radical (unpaired) electrons. The first-order chi connectivity index (χ1) is 10.6. The van der Waals surface area contributed by atoms with Crippen molar-refractivity contribution in [1.29, 1.82) is 0 Å². The summed E-state index contributed by atoms with van der Waals surface area (Å²) in [5, 5.41) is 9.78. The molecule has 1 amide bonds. The quantitative estimate of drug-likeness (QED) is 0.922. The molecular weight excluding hydrogens is 282 g/mol. The topological polar surface area (TPSA) is 59.0 Å². The van der Waals surface area contributed by atoms with Gasteiger partial charge in [0.15, 0.2) is 0 Å². The minimum absolute atomic E-state index is 0.0268. The fraction of sp³-hybridized carbons (Fsp3) is 0.235. The molecule has 2 rings (SSSR count). The Balaban J connectivity index is 2.20. The third-order valence-corrected chi connectivity index (χ3v) is 3.38. The van der Waals surface area contributed by atoms with Gasteiger partial charge in [-0.2, -0.15) is 0 Å². The number of rotatable bonds is 5. The zero-order chi connectivity index (χ0) is 16.1. The van der Waals surface area contributed by atoms with Gasteiger partial charge in [-0.3, -0.25) is 4.79 Å². The molecule has 1 N–H and O–H groups in total. The van der Waals surface area contributed by atoms with Crippen LogP contribution in [0.3, 0.4) is 0 Å². The van der Waals surface area contributed by atoms with Gasteiger partial charge in [0.2, 0.25) is 0 Å². The molecule has 0 aliphatic rings. The Labute approximate surface area is 129 Å². The smallest absolute Gasteiger partial charge is 0.257 e. The summed E-state index contributed by atoms with van der Waals surface area (Å²) in [5.74, 6) is 1.06. The predicted octanol–water partition coefficient (Wildman–Crippen LogP) is 2.68. The van der Waals surface area contributed by atoms with E-state index in [0.717, 1.165) is 5.56 Å². The van der Waals surface area contributed by atoms with Gasteiger partial charge in [0.05, 0.1) is 19.8 Å². The fourth-order valence-electron chi connectivity index (χ4n) is 2.17. The van der Waals surface area contributed by atoms with Crippen LogP contribution in [0.15, 0.2) is 42.5 Å². The highest BCUT2D eigenvalue weighted by Gasteiger charge is 2.17. The molecule has 0 aliphatic heterocycles. The van der Waals surface area contributed by atoms with Crippen molar-refractivity contribution in [3.63, 3.8) is 0 Å². The van der Waals surface area contributed by atoms with Gasteiger partial charge in [0.25, 0.3) is 5.91 Å². The number of aromatic hydroxyl groups is 1. The number of nitrogens with zero attached hydrogens (tertiary/aromatic N) is 1. The van der Waals surface area contributed by atoms with Crippen LogP contribution < -0.4 is 9.47 Å². The Kier molecular flexibility index (Phi) is 4.88. The molecule has 0 spiro atoms. The highest BCUT2D eigenvalue weighted by Crippen LogP contribution is 2.26. The van der Waals surface area contributed by atoms with E-state index in [1.54, 1.807) is 45.5 Å². The molecule has 2 aromatic rings. The Bertz CT molecular complexity index is 669. The molecule has 0 bridgehead atoms. The number of hydrogen-bond donors (Lipinski definition) is 1. The maximum Gasteiger partial charge on any atom is 0.257 e. The van der Waals surface area contributed by atoms with Crippen LogP contribution in [0.2, 0.25) is 0 Å². The Hall–Kier alpha value is -2.69. The third-order valence-electron chi connectivity index (χ3n) is 3.38. The second-order valence-corrected chi connectivity index (χ2v) is 4.86. The predicted molar refractivity (Wildman–Crippen MR) is 83.5 cm³/mol. The molecule has 0 aromatic heterocycles. The molecule has 0 heterocycles. The summed E-state index contributed by atoms with van der Waals surface area (Å²) in [6.07, 6.45) is 0. The second-order valence-electron chi connectivity index (χ2n) is 4.86. The van der Waals surface area contributed by atoms with Crippen molar-refractivity contribution in [3.05, 3.63) is 53.6 Å².